The Hall–Kier alpha value is -3.86. The Balaban J connectivity index is 1.21. The van der Waals surface area contributed by atoms with E-state index in [4.69, 9.17) is 9.40 Å². The summed E-state index contributed by atoms with van der Waals surface area (Å²) in [6, 6.07) is 23.5. The molecular weight excluding hydrogens is 446 g/mol. The van der Waals surface area contributed by atoms with E-state index < -0.39 is 0 Å². The van der Waals surface area contributed by atoms with Crippen LogP contribution in [0.15, 0.2) is 77.4 Å². The summed E-state index contributed by atoms with van der Waals surface area (Å²) in [6.45, 7) is 4.73. The number of aromatic nitrogens is 2. The van der Waals surface area contributed by atoms with Gasteiger partial charge in [-0.3, -0.25) is 4.79 Å². The lowest BCUT2D eigenvalue weighted by molar-refractivity contribution is -0.131. The van der Waals surface area contributed by atoms with Crippen LogP contribution in [0.1, 0.15) is 24.8 Å². The number of amides is 1. The molecule has 0 radical (unpaired) electrons. The number of carbonyl (C=O) groups is 1. The quantitative estimate of drug-likeness (QED) is 0.285. The maximum atomic E-state index is 12.6. The number of furan rings is 1. The van der Waals surface area contributed by atoms with Crippen LogP contribution in [-0.2, 0) is 11.3 Å². The number of likely N-dealkylation sites (tertiary alicyclic amines) is 1. The van der Waals surface area contributed by atoms with Gasteiger partial charge in [0.15, 0.2) is 0 Å². The molecule has 0 bridgehead atoms. The van der Waals surface area contributed by atoms with Crippen LogP contribution in [0.5, 0.6) is 0 Å². The maximum Gasteiger partial charge on any atom is 0.225 e. The van der Waals surface area contributed by atoms with Gasteiger partial charge in [-0.15, -0.1) is 0 Å². The molecule has 1 amide bonds. The van der Waals surface area contributed by atoms with Crippen LogP contribution in [0.25, 0.3) is 44.5 Å². The second kappa shape index (κ2) is 8.37. The van der Waals surface area contributed by atoms with E-state index in [0.29, 0.717) is 17.7 Å². The molecule has 3 aromatic carbocycles. The highest BCUT2D eigenvalue weighted by Crippen LogP contribution is 2.35. The fraction of sp³-hybridized carbons (Fsp3) is 0.290. The monoisotopic (exact) mass is 475 g/mol. The standard InChI is InChI=1S/C31H29N3O2/c1-20-2-10-28-27(16-20)32-30(34(28)19-21-12-14-33(18-21)31(35)24-7-8-24)23-5-3-22(4-6-23)25-9-11-29-26(17-25)13-15-36-29/h2-6,9-11,13,15-17,21,24H,7-8,12,14,18-19H2,1H3/t21-/m0/s1. The van der Waals surface area contributed by atoms with Gasteiger partial charge >= 0.3 is 0 Å². The van der Waals surface area contributed by atoms with Crippen molar-refractivity contribution in [2.45, 2.75) is 32.7 Å². The van der Waals surface area contributed by atoms with Crippen LogP contribution < -0.4 is 0 Å². The van der Waals surface area contributed by atoms with Crippen molar-refractivity contribution in [3.8, 4) is 22.5 Å². The fourth-order valence-corrected chi connectivity index (χ4v) is 5.63. The Morgan fingerprint density at radius 1 is 0.944 bits per heavy atom. The lowest BCUT2D eigenvalue weighted by atomic mass is 10.0. The fourth-order valence-electron chi connectivity index (χ4n) is 5.63. The lowest BCUT2D eigenvalue weighted by Gasteiger charge is -2.18. The van der Waals surface area contributed by atoms with E-state index in [2.05, 4.69) is 71.0 Å². The van der Waals surface area contributed by atoms with Gasteiger partial charge in [-0.2, -0.15) is 0 Å². The van der Waals surface area contributed by atoms with Gasteiger partial charge < -0.3 is 13.9 Å². The number of nitrogens with zero attached hydrogens (tertiary/aromatic N) is 3. The summed E-state index contributed by atoms with van der Waals surface area (Å²) >= 11 is 0. The van der Waals surface area contributed by atoms with Gasteiger partial charge in [0.1, 0.15) is 11.4 Å². The van der Waals surface area contributed by atoms with Crippen LogP contribution in [0, 0.1) is 18.8 Å². The molecule has 1 atom stereocenters. The molecule has 1 saturated heterocycles. The first-order valence-corrected chi connectivity index (χ1v) is 13.0. The minimum absolute atomic E-state index is 0.295. The molecule has 2 fully saturated rings. The average Bonchev–Trinajstić information content (AvgIpc) is 3.30. The molecule has 0 N–H and O–H groups in total. The van der Waals surface area contributed by atoms with E-state index in [0.717, 1.165) is 72.3 Å². The van der Waals surface area contributed by atoms with Crippen LogP contribution >= 0.6 is 0 Å². The van der Waals surface area contributed by atoms with Crippen molar-refractivity contribution < 1.29 is 9.21 Å². The number of rotatable bonds is 5. The largest absolute Gasteiger partial charge is 0.464 e. The van der Waals surface area contributed by atoms with Crippen molar-refractivity contribution in [2.24, 2.45) is 11.8 Å². The molecule has 0 unspecified atom stereocenters. The van der Waals surface area contributed by atoms with Crippen molar-refractivity contribution >= 4 is 27.9 Å². The number of hydrogen-bond acceptors (Lipinski definition) is 3. The zero-order chi connectivity index (χ0) is 24.2. The molecular formula is C31H29N3O2. The van der Waals surface area contributed by atoms with Gasteiger partial charge in [0.05, 0.1) is 17.3 Å². The van der Waals surface area contributed by atoms with E-state index in [1.165, 1.54) is 16.7 Å². The van der Waals surface area contributed by atoms with E-state index in [1.54, 1.807) is 6.26 Å². The number of aryl methyl sites for hydroxylation is 1. The van der Waals surface area contributed by atoms with Gasteiger partial charge in [-0.1, -0.05) is 36.4 Å². The number of hydrogen-bond donors (Lipinski definition) is 0. The summed E-state index contributed by atoms with van der Waals surface area (Å²) < 4.78 is 7.86. The van der Waals surface area contributed by atoms with Crippen molar-refractivity contribution in [3.05, 3.63) is 78.6 Å². The molecule has 0 spiro atoms. The topological polar surface area (TPSA) is 51.3 Å². The summed E-state index contributed by atoms with van der Waals surface area (Å²) in [5.41, 5.74) is 7.77. The van der Waals surface area contributed by atoms with Crippen molar-refractivity contribution in [2.75, 3.05) is 13.1 Å². The third-order valence-electron chi connectivity index (χ3n) is 7.80. The van der Waals surface area contributed by atoms with Gasteiger partial charge in [0.2, 0.25) is 5.91 Å². The van der Waals surface area contributed by atoms with E-state index >= 15 is 0 Å². The number of carbonyl (C=O) groups excluding carboxylic acids is 1. The lowest BCUT2D eigenvalue weighted by Crippen LogP contribution is -2.30. The number of fused-ring (bicyclic) bond motifs is 2. The SMILES string of the molecule is Cc1ccc2c(c1)nc(-c1ccc(-c3ccc4occc4c3)cc1)n2C[C@H]1CCN(C(=O)C2CC2)C1. The van der Waals surface area contributed by atoms with Crippen LogP contribution in [-0.4, -0.2) is 33.4 Å². The summed E-state index contributed by atoms with van der Waals surface area (Å²) in [6.07, 6.45) is 4.93. The molecule has 2 aromatic heterocycles. The van der Waals surface area contributed by atoms with Crippen molar-refractivity contribution in [1.29, 1.82) is 0 Å². The van der Waals surface area contributed by atoms with Crippen LogP contribution in [0.3, 0.4) is 0 Å². The Bertz CT molecular complexity index is 1590. The predicted octanol–water partition coefficient (Wildman–Crippen LogP) is 6.68. The van der Waals surface area contributed by atoms with Gasteiger partial charge in [-0.05, 0) is 79.1 Å². The molecule has 1 saturated carbocycles. The Morgan fingerprint density at radius 3 is 2.58 bits per heavy atom. The van der Waals surface area contributed by atoms with Gasteiger partial charge in [0.25, 0.3) is 0 Å². The zero-order valence-electron chi connectivity index (χ0n) is 20.5. The normalized spacial score (nSPS) is 17.9. The van der Waals surface area contributed by atoms with Crippen LogP contribution in [0.4, 0.5) is 0 Å². The predicted molar refractivity (Wildman–Crippen MR) is 143 cm³/mol. The smallest absolute Gasteiger partial charge is 0.225 e. The van der Waals surface area contributed by atoms with Crippen molar-refractivity contribution in [1.82, 2.24) is 14.5 Å². The summed E-state index contributed by atoms with van der Waals surface area (Å²) in [5, 5.41) is 1.11. The first-order chi connectivity index (χ1) is 17.6. The highest BCUT2D eigenvalue weighted by atomic mass is 16.3. The minimum atomic E-state index is 0.295. The van der Waals surface area contributed by atoms with E-state index in [1.807, 2.05) is 12.1 Å². The molecule has 3 heterocycles. The number of benzene rings is 3. The Kier molecular flexibility index (Phi) is 4.98. The zero-order valence-corrected chi connectivity index (χ0v) is 20.5. The Morgan fingerprint density at radius 2 is 1.75 bits per heavy atom. The first-order valence-electron chi connectivity index (χ1n) is 13.0. The second-order valence-corrected chi connectivity index (χ2v) is 10.5. The molecule has 7 rings (SSSR count). The van der Waals surface area contributed by atoms with Crippen molar-refractivity contribution in [3.63, 3.8) is 0 Å². The van der Waals surface area contributed by atoms with Crippen LogP contribution in [0.2, 0.25) is 0 Å². The summed E-state index contributed by atoms with van der Waals surface area (Å²) in [4.78, 5) is 19.8. The number of imidazole rings is 1. The Labute approximate surface area is 210 Å². The van der Waals surface area contributed by atoms with Gasteiger partial charge in [0, 0.05) is 36.5 Å². The molecule has 5 heteroatoms. The molecule has 2 aliphatic rings. The van der Waals surface area contributed by atoms with Gasteiger partial charge in [-0.25, -0.2) is 4.98 Å². The molecule has 36 heavy (non-hydrogen) atoms. The molecule has 5 nitrogen and oxygen atoms in total. The first kappa shape index (κ1) is 21.4. The molecule has 1 aliphatic heterocycles. The molecule has 5 aromatic rings. The van der Waals surface area contributed by atoms with E-state index in [9.17, 15) is 4.79 Å². The highest BCUT2D eigenvalue weighted by Gasteiger charge is 2.36. The molecule has 180 valence electrons. The highest BCUT2D eigenvalue weighted by molar-refractivity contribution is 5.85. The molecule has 1 aliphatic carbocycles. The van der Waals surface area contributed by atoms with E-state index in [-0.39, 0.29) is 0 Å². The summed E-state index contributed by atoms with van der Waals surface area (Å²) in [5.74, 6) is 2.11. The third kappa shape index (κ3) is 3.79. The minimum Gasteiger partial charge on any atom is -0.464 e. The third-order valence-corrected chi connectivity index (χ3v) is 7.80. The maximum absolute atomic E-state index is 12.6. The second-order valence-electron chi connectivity index (χ2n) is 10.5. The average molecular weight is 476 g/mol. The summed E-state index contributed by atoms with van der Waals surface area (Å²) in [7, 11) is 0.